The number of pyridine rings is 2. The van der Waals surface area contributed by atoms with Crippen LogP contribution in [-0.4, -0.2) is 33.4 Å². The fourth-order valence-corrected chi connectivity index (χ4v) is 3.34. The maximum absolute atomic E-state index is 12.5. The minimum atomic E-state index is -0.129. The van der Waals surface area contributed by atoms with Crippen LogP contribution in [-0.2, 0) is 0 Å². The first-order chi connectivity index (χ1) is 12.1. The van der Waals surface area contributed by atoms with Gasteiger partial charge in [0.25, 0.3) is 5.91 Å². The van der Waals surface area contributed by atoms with Crippen LogP contribution in [0.5, 0.6) is 0 Å². The minimum absolute atomic E-state index is 0.129. The highest BCUT2D eigenvalue weighted by Crippen LogP contribution is 2.34. The smallest absolute Gasteiger partial charge is 0.255 e. The lowest BCUT2D eigenvalue weighted by Crippen LogP contribution is -2.26. The van der Waals surface area contributed by atoms with Crippen LogP contribution in [0.3, 0.4) is 0 Å². The van der Waals surface area contributed by atoms with Crippen molar-refractivity contribution in [1.82, 2.24) is 20.3 Å². The third-order valence-electron chi connectivity index (χ3n) is 3.55. The van der Waals surface area contributed by atoms with Gasteiger partial charge in [0.1, 0.15) is 15.4 Å². The summed E-state index contributed by atoms with van der Waals surface area (Å²) in [5.41, 5.74) is 2.93. The quantitative estimate of drug-likeness (QED) is 0.704. The predicted octanol–water partition coefficient (Wildman–Crippen LogP) is 3.71. The molecule has 0 saturated heterocycles. The fourth-order valence-electron chi connectivity index (χ4n) is 2.43. The maximum atomic E-state index is 12.5. The molecule has 0 atom stereocenters. The molecule has 0 radical (unpaired) electrons. The number of anilines is 1. The number of nitrogens with one attached hydrogen (secondary N) is 2. The Labute approximate surface area is 150 Å². The third-order valence-corrected chi connectivity index (χ3v) is 4.56. The summed E-state index contributed by atoms with van der Waals surface area (Å²) in [6, 6.07) is 4.02. The van der Waals surface area contributed by atoms with Gasteiger partial charge >= 0.3 is 0 Å². The number of hydrogen-bond donors (Lipinski definition) is 2. The van der Waals surface area contributed by atoms with E-state index in [1.165, 1.54) is 11.3 Å². The molecule has 0 aromatic carbocycles. The Morgan fingerprint density at radius 1 is 1.32 bits per heavy atom. The molecule has 0 fully saturated rings. The first-order valence-electron chi connectivity index (χ1n) is 8.34. The number of nitrogens with zero attached hydrogens (tertiary/aromatic N) is 3. The maximum Gasteiger partial charge on any atom is 0.255 e. The molecule has 1 amide bonds. The zero-order valence-electron chi connectivity index (χ0n) is 14.5. The van der Waals surface area contributed by atoms with Crippen molar-refractivity contribution in [3.05, 3.63) is 36.3 Å². The Hall–Kier alpha value is -2.54. The van der Waals surface area contributed by atoms with Gasteiger partial charge in [-0.25, -0.2) is 9.97 Å². The normalized spacial score (nSPS) is 11.0. The molecule has 0 unspecified atom stereocenters. The number of hydrogen-bond acceptors (Lipinski definition) is 6. The van der Waals surface area contributed by atoms with Crippen LogP contribution in [0, 0.1) is 0 Å². The molecule has 3 rings (SSSR count). The predicted molar refractivity (Wildman–Crippen MR) is 102 cm³/mol. The van der Waals surface area contributed by atoms with Crippen molar-refractivity contribution in [3.63, 3.8) is 0 Å². The molecule has 3 aromatic heterocycles. The molecule has 6 nitrogen and oxygen atoms in total. The van der Waals surface area contributed by atoms with Crippen LogP contribution in [0.4, 0.5) is 5.69 Å². The molecule has 3 heterocycles. The summed E-state index contributed by atoms with van der Waals surface area (Å²) in [6.07, 6.45) is 6.03. The Kier molecular flexibility index (Phi) is 5.23. The van der Waals surface area contributed by atoms with Crippen molar-refractivity contribution < 1.29 is 4.79 Å². The zero-order chi connectivity index (χ0) is 17.8. The molecular weight excluding hydrogens is 334 g/mol. The van der Waals surface area contributed by atoms with E-state index in [1.54, 1.807) is 18.6 Å². The van der Waals surface area contributed by atoms with Crippen LogP contribution in [0.15, 0.2) is 30.7 Å². The lowest BCUT2D eigenvalue weighted by atomic mass is 10.2. The first kappa shape index (κ1) is 17.3. The molecule has 0 aliphatic rings. The average molecular weight is 355 g/mol. The molecule has 0 aliphatic heterocycles. The van der Waals surface area contributed by atoms with Crippen LogP contribution < -0.4 is 10.6 Å². The van der Waals surface area contributed by atoms with E-state index in [1.807, 2.05) is 32.9 Å². The molecule has 25 heavy (non-hydrogen) atoms. The van der Waals surface area contributed by atoms with Gasteiger partial charge < -0.3 is 10.6 Å². The fraction of sp³-hybridized carbons (Fsp3) is 0.333. The Morgan fingerprint density at radius 2 is 2.16 bits per heavy atom. The summed E-state index contributed by atoms with van der Waals surface area (Å²) in [5.74, 6) is -0.129. The van der Waals surface area contributed by atoms with Crippen molar-refractivity contribution in [3.8, 4) is 10.6 Å². The topological polar surface area (TPSA) is 79.8 Å². The van der Waals surface area contributed by atoms with Gasteiger partial charge in [0.2, 0.25) is 0 Å². The van der Waals surface area contributed by atoms with E-state index in [9.17, 15) is 4.79 Å². The van der Waals surface area contributed by atoms with E-state index in [2.05, 4.69) is 20.6 Å². The molecule has 0 bridgehead atoms. The van der Waals surface area contributed by atoms with Crippen molar-refractivity contribution in [1.29, 1.82) is 0 Å². The number of carbonyl (C=O) groups is 1. The number of thiazole rings is 1. The van der Waals surface area contributed by atoms with Crippen LogP contribution in [0.25, 0.3) is 20.9 Å². The zero-order valence-corrected chi connectivity index (χ0v) is 15.4. The second-order valence-corrected chi connectivity index (χ2v) is 6.99. The number of carbonyl (C=O) groups excluding carboxylic acids is 1. The Morgan fingerprint density at radius 3 is 2.84 bits per heavy atom. The average Bonchev–Trinajstić information content (AvgIpc) is 3.05. The summed E-state index contributed by atoms with van der Waals surface area (Å²) in [4.78, 5) is 26.6. The SMILES string of the molecule is CCCNC(=O)c1cnc2sc(-c3cccnc3)nc2c1NC(C)C. The largest absolute Gasteiger partial charge is 0.380 e. The summed E-state index contributed by atoms with van der Waals surface area (Å²) >= 11 is 1.50. The summed E-state index contributed by atoms with van der Waals surface area (Å²) in [5, 5.41) is 7.12. The van der Waals surface area contributed by atoms with E-state index in [-0.39, 0.29) is 11.9 Å². The number of rotatable bonds is 6. The van der Waals surface area contributed by atoms with E-state index >= 15 is 0 Å². The summed E-state index contributed by atoms with van der Waals surface area (Å²) < 4.78 is 0. The molecule has 2 N–H and O–H groups in total. The second kappa shape index (κ2) is 7.57. The van der Waals surface area contributed by atoms with Gasteiger partial charge in [-0.3, -0.25) is 9.78 Å². The highest BCUT2D eigenvalue weighted by atomic mass is 32.1. The molecule has 130 valence electrons. The second-order valence-electron chi connectivity index (χ2n) is 6.02. The van der Waals surface area contributed by atoms with Crippen molar-refractivity contribution in [2.45, 2.75) is 33.2 Å². The van der Waals surface area contributed by atoms with E-state index < -0.39 is 0 Å². The van der Waals surface area contributed by atoms with Gasteiger partial charge in [-0.05, 0) is 32.4 Å². The first-order valence-corrected chi connectivity index (χ1v) is 9.16. The van der Waals surface area contributed by atoms with Gasteiger partial charge in [0.05, 0.1) is 11.3 Å². The highest BCUT2D eigenvalue weighted by molar-refractivity contribution is 7.21. The van der Waals surface area contributed by atoms with Crippen molar-refractivity contribution in [2.75, 3.05) is 11.9 Å². The molecule has 3 aromatic rings. The number of amides is 1. The van der Waals surface area contributed by atoms with E-state index in [0.29, 0.717) is 12.1 Å². The molecule has 0 spiro atoms. The lowest BCUT2D eigenvalue weighted by Gasteiger charge is -2.14. The van der Waals surface area contributed by atoms with Crippen LogP contribution in [0.2, 0.25) is 0 Å². The van der Waals surface area contributed by atoms with E-state index in [0.717, 1.165) is 33.0 Å². The molecule has 0 saturated carbocycles. The van der Waals surface area contributed by atoms with Gasteiger partial charge in [-0.1, -0.05) is 18.3 Å². The highest BCUT2D eigenvalue weighted by Gasteiger charge is 2.19. The molecule has 7 heteroatoms. The van der Waals surface area contributed by atoms with Crippen LogP contribution >= 0.6 is 11.3 Å². The van der Waals surface area contributed by atoms with Gasteiger partial charge in [-0.15, -0.1) is 0 Å². The number of aromatic nitrogens is 3. The standard InChI is InChI=1S/C18H21N5OS/c1-4-7-20-16(24)13-10-21-18-15(14(13)22-11(2)3)23-17(25-18)12-6-5-8-19-9-12/h5-6,8-11H,4,7H2,1-3H3,(H,20,24)(H,21,22). The Balaban J connectivity index is 2.10. The number of fused-ring (bicyclic) bond motifs is 1. The molecular formula is C18H21N5OS. The van der Waals surface area contributed by atoms with Gasteiger partial charge in [-0.2, -0.15) is 0 Å². The van der Waals surface area contributed by atoms with E-state index in [4.69, 9.17) is 4.98 Å². The molecule has 0 aliphatic carbocycles. The van der Waals surface area contributed by atoms with Crippen LogP contribution in [0.1, 0.15) is 37.6 Å². The summed E-state index contributed by atoms with van der Waals surface area (Å²) in [6.45, 7) is 6.73. The third kappa shape index (κ3) is 3.76. The van der Waals surface area contributed by atoms with Crippen molar-refractivity contribution >= 4 is 33.3 Å². The summed E-state index contributed by atoms with van der Waals surface area (Å²) in [7, 11) is 0. The van der Waals surface area contributed by atoms with Gasteiger partial charge in [0.15, 0.2) is 0 Å². The monoisotopic (exact) mass is 355 g/mol. The Bertz CT molecular complexity index is 876. The van der Waals surface area contributed by atoms with Gasteiger partial charge in [0, 0.05) is 36.7 Å². The minimum Gasteiger partial charge on any atom is -0.380 e. The van der Waals surface area contributed by atoms with Crippen molar-refractivity contribution in [2.24, 2.45) is 0 Å². The lowest BCUT2D eigenvalue weighted by molar-refractivity contribution is 0.0954.